The van der Waals surface area contributed by atoms with Gasteiger partial charge < -0.3 is 24.6 Å². The molecule has 0 bridgehead atoms. The average Bonchev–Trinajstić information content (AvgIpc) is 3.11. The summed E-state index contributed by atoms with van der Waals surface area (Å²) in [6, 6.07) is 8.45. The van der Waals surface area contributed by atoms with Crippen molar-refractivity contribution in [2.45, 2.75) is 50.0 Å². The second-order valence-electron chi connectivity index (χ2n) is 9.34. The van der Waals surface area contributed by atoms with Crippen LogP contribution in [0.15, 0.2) is 57.3 Å². The molecule has 1 fully saturated rings. The molecule has 5 N–H and O–H groups in total. The van der Waals surface area contributed by atoms with Gasteiger partial charge in [0.2, 0.25) is 5.72 Å². The van der Waals surface area contributed by atoms with Gasteiger partial charge in [-0.25, -0.2) is 9.36 Å². The van der Waals surface area contributed by atoms with Crippen LogP contribution in [-0.2, 0) is 18.6 Å². The van der Waals surface area contributed by atoms with Crippen LogP contribution in [0.1, 0.15) is 27.0 Å². The fourth-order valence-corrected chi connectivity index (χ4v) is 5.58. The number of azide groups is 1. The number of aromatic amines is 1. The van der Waals surface area contributed by atoms with Crippen molar-refractivity contribution in [2.24, 2.45) is 11.0 Å². The van der Waals surface area contributed by atoms with Crippen molar-refractivity contribution in [1.29, 1.82) is 0 Å². The molecular formula is C23H27N6O10P. The number of H-pyrrole nitrogens is 1. The van der Waals surface area contributed by atoms with E-state index in [0.29, 0.717) is 4.57 Å². The molecule has 2 heterocycles. The first-order chi connectivity index (χ1) is 18.7. The van der Waals surface area contributed by atoms with Crippen molar-refractivity contribution >= 4 is 13.7 Å². The summed E-state index contributed by atoms with van der Waals surface area (Å²) in [5, 5.41) is 37.9. The number of nitrogens with one attached hydrogen (secondary N) is 2. The molecule has 3 rings (SSSR count). The third-order valence-corrected chi connectivity index (χ3v) is 8.12. The van der Waals surface area contributed by atoms with Gasteiger partial charge in [0.25, 0.3) is 5.56 Å². The molecule has 40 heavy (non-hydrogen) atoms. The quantitative estimate of drug-likeness (QED) is 0.0831. The van der Waals surface area contributed by atoms with E-state index in [0.717, 1.165) is 12.3 Å². The van der Waals surface area contributed by atoms with Crippen molar-refractivity contribution < 1.29 is 38.5 Å². The van der Waals surface area contributed by atoms with Crippen molar-refractivity contribution in [3.63, 3.8) is 0 Å². The Kier molecular flexibility index (Phi) is 8.63. The lowest BCUT2D eigenvalue weighted by molar-refractivity contribution is -0.145. The van der Waals surface area contributed by atoms with Gasteiger partial charge in [-0.05, 0) is 30.5 Å². The highest BCUT2D eigenvalue weighted by molar-refractivity contribution is 7.52. The van der Waals surface area contributed by atoms with Crippen LogP contribution in [-0.4, -0.2) is 60.4 Å². The molecule has 0 aliphatic carbocycles. The molecule has 1 aromatic heterocycles. The second kappa shape index (κ2) is 11.3. The number of aliphatic carboxylic acids is 1. The van der Waals surface area contributed by atoms with E-state index in [2.05, 4.69) is 15.1 Å². The Labute approximate surface area is 226 Å². The summed E-state index contributed by atoms with van der Waals surface area (Å²) in [5.41, 5.74) is 0.129. The molecule has 1 aromatic carbocycles. The maximum atomic E-state index is 14.0. The molecule has 16 nitrogen and oxygen atoms in total. The molecule has 6 atom stereocenters. The summed E-state index contributed by atoms with van der Waals surface area (Å²) < 4.78 is 31.3. The standard InChI is InChI=1S/C23H27N6O10P/c1-5-22(35)17(31)23(26-28-24,38-18(22)29-12-11-16(30)25-20(29)34)13-37-40(36,39-15-9-7-6-8-10-15)27-21(4,14(2)3)19(32)33/h1,6-12,14,17-18,31,35H,13H2,2-4H3,(H,27,36)(H,32,33)(H,25,30,34)/t17-,18+,21?,22+,23+,40?/m0/s1. The number of carbonyl (C=O) groups is 1. The number of benzene rings is 1. The lowest BCUT2D eigenvalue weighted by atomic mass is 9.90. The van der Waals surface area contributed by atoms with E-state index in [1.54, 1.807) is 32.0 Å². The van der Waals surface area contributed by atoms with Gasteiger partial charge >= 0.3 is 19.4 Å². The number of rotatable bonds is 11. The number of nitrogens with zero attached hydrogens (tertiary/aromatic N) is 4. The molecule has 2 unspecified atom stereocenters. The van der Waals surface area contributed by atoms with Gasteiger partial charge in [-0.1, -0.05) is 43.1 Å². The molecule has 1 saturated heterocycles. The Balaban J connectivity index is 2.07. The van der Waals surface area contributed by atoms with E-state index in [4.69, 9.17) is 20.2 Å². The van der Waals surface area contributed by atoms with E-state index in [1.807, 2.05) is 10.9 Å². The third-order valence-electron chi connectivity index (χ3n) is 6.46. The van der Waals surface area contributed by atoms with Crippen LogP contribution in [0.4, 0.5) is 0 Å². The van der Waals surface area contributed by atoms with Crippen LogP contribution in [0.5, 0.6) is 5.75 Å². The summed E-state index contributed by atoms with van der Waals surface area (Å²) >= 11 is 0. The maximum Gasteiger partial charge on any atom is 0.459 e. The number of aromatic nitrogens is 2. The lowest BCUT2D eigenvalue weighted by Crippen LogP contribution is -2.54. The number of hydrogen-bond donors (Lipinski definition) is 5. The van der Waals surface area contributed by atoms with Crippen molar-refractivity contribution in [2.75, 3.05) is 6.61 Å². The molecule has 0 radical (unpaired) electrons. The molecule has 0 spiro atoms. The molecular weight excluding hydrogens is 551 g/mol. The zero-order valence-corrected chi connectivity index (χ0v) is 22.4. The van der Waals surface area contributed by atoms with Gasteiger partial charge in [0.15, 0.2) is 11.8 Å². The number of hydrogen-bond acceptors (Lipinski definition) is 10. The fourth-order valence-electron chi connectivity index (χ4n) is 3.74. The summed E-state index contributed by atoms with van der Waals surface area (Å²) in [7, 11) is -4.73. The zero-order valence-electron chi connectivity index (χ0n) is 21.5. The topological polar surface area (TPSA) is 238 Å². The molecule has 0 amide bonds. The molecule has 17 heteroatoms. The highest BCUT2D eigenvalue weighted by atomic mass is 31.2. The van der Waals surface area contributed by atoms with Crippen LogP contribution in [0.3, 0.4) is 0 Å². The molecule has 214 valence electrons. The monoisotopic (exact) mass is 578 g/mol. The largest absolute Gasteiger partial charge is 0.480 e. The van der Waals surface area contributed by atoms with Gasteiger partial charge in [-0.3, -0.25) is 23.7 Å². The summed E-state index contributed by atoms with van der Waals surface area (Å²) in [4.78, 5) is 40.6. The molecule has 1 aliphatic rings. The van der Waals surface area contributed by atoms with Crippen LogP contribution < -0.4 is 20.9 Å². The Bertz CT molecular complexity index is 1520. The normalized spacial score (nSPS) is 27.1. The van der Waals surface area contributed by atoms with Gasteiger partial charge in [0.1, 0.15) is 17.4 Å². The van der Waals surface area contributed by atoms with Gasteiger partial charge in [0, 0.05) is 17.2 Å². The third kappa shape index (κ3) is 5.67. The van der Waals surface area contributed by atoms with Crippen molar-refractivity contribution in [3.8, 4) is 18.1 Å². The zero-order chi connectivity index (χ0) is 29.9. The number of aliphatic hydroxyl groups is 2. The minimum Gasteiger partial charge on any atom is -0.480 e. The number of para-hydroxylation sites is 1. The second-order valence-corrected chi connectivity index (χ2v) is 11.0. The van der Waals surface area contributed by atoms with Crippen LogP contribution >= 0.6 is 7.75 Å². The highest BCUT2D eigenvalue weighted by Crippen LogP contribution is 2.51. The highest BCUT2D eigenvalue weighted by Gasteiger charge is 2.65. The summed E-state index contributed by atoms with van der Waals surface area (Å²) in [6.45, 7) is 3.20. The Morgan fingerprint density at radius 1 is 1.40 bits per heavy atom. The summed E-state index contributed by atoms with van der Waals surface area (Å²) in [6.07, 6.45) is 2.14. The van der Waals surface area contributed by atoms with Crippen LogP contribution in [0, 0.1) is 18.3 Å². The minimum absolute atomic E-state index is 0.00153. The molecule has 1 aliphatic heterocycles. The van der Waals surface area contributed by atoms with Gasteiger partial charge in [-0.15, -0.1) is 6.42 Å². The van der Waals surface area contributed by atoms with E-state index in [9.17, 15) is 39.8 Å². The predicted octanol–water partition coefficient (Wildman–Crippen LogP) is 1.09. The first-order valence-corrected chi connectivity index (χ1v) is 13.2. The molecule has 0 saturated carbocycles. The minimum atomic E-state index is -4.73. The average molecular weight is 578 g/mol. The lowest BCUT2D eigenvalue weighted by Gasteiger charge is -2.35. The number of carboxylic acids is 1. The van der Waals surface area contributed by atoms with Crippen LogP contribution in [0.25, 0.3) is 10.4 Å². The maximum absolute atomic E-state index is 14.0. The Morgan fingerprint density at radius 3 is 2.58 bits per heavy atom. The van der Waals surface area contributed by atoms with Crippen molar-refractivity contribution in [1.82, 2.24) is 14.6 Å². The van der Waals surface area contributed by atoms with E-state index < -0.39 is 66.7 Å². The van der Waals surface area contributed by atoms with Gasteiger partial charge in [-0.2, -0.15) is 5.09 Å². The van der Waals surface area contributed by atoms with E-state index in [1.165, 1.54) is 19.1 Å². The summed E-state index contributed by atoms with van der Waals surface area (Å²) in [5.74, 6) is -0.169. The number of aliphatic hydroxyl groups excluding tert-OH is 1. The number of ether oxygens (including phenoxy) is 1. The van der Waals surface area contributed by atoms with Crippen molar-refractivity contribution in [3.05, 3.63) is 73.9 Å². The number of carboxylic acid groups (broad SMARTS) is 1. The first-order valence-electron chi connectivity index (χ1n) is 11.6. The number of terminal acetylenes is 1. The van der Waals surface area contributed by atoms with E-state index in [-0.39, 0.29) is 5.75 Å². The Hall–Kier alpha value is -3.93. The SMILES string of the molecule is C#C[C@]1(O)[C@H](n2ccc(=O)[nH]c2=O)O[C@@](COP(=O)(NC(C)(C(=O)O)C(C)C)Oc2ccccc2)(N=[N+]=[N-])[C@H]1O. The van der Waals surface area contributed by atoms with E-state index >= 15 is 0 Å². The van der Waals surface area contributed by atoms with Crippen LogP contribution in [0.2, 0.25) is 0 Å². The first kappa shape index (κ1) is 30.6. The predicted molar refractivity (Wildman–Crippen MR) is 138 cm³/mol. The van der Waals surface area contributed by atoms with Gasteiger partial charge in [0.05, 0.1) is 6.61 Å². The fraction of sp³-hybridized carbons (Fsp3) is 0.435. The smallest absolute Gasteiger partial charge is 0.459 e. The Morgan fingerprint density at radius 2 is 2.05 bits per heavy atom. The molecule has 2 aromatic rings.